The minimum absolute atomic E-state index is 0.379. The van der Waals surface area contributed by atoms with Crippen molar-refractivity contribution in [3.8, 4) is 11.5 Å². The second kappa shape index (κ2) is 5.44. The van der Waals surface area contributed by atoms with Crippen LogP contribution >= 0.6 is 0 Å². The van der Waals surface area contributed by atoms with E-state index in [2.05, 4.69) is 26.0 Å². The Hall–Kier alpha value is -1.18. The van der Waals surface area contributed by atoms with Gasteiger partial charge in [0.25, 0.3) is 0 Å². The van der Waals surface area contributed by atoms with E-state index in [1.165, 1.54) is 18.4 Å². The van der Waals surface area contributed by atoms with E-state index in [4.69, 9.17) is 9.47 Å². The first-order valence-corrected chi connectivity index (χ1v) is 6.34. The van der Waals surface area contributed by atoms with Gasteiger partial charge in [0.2, 0.25) is 0 Å². The smallest absolute Gasteiger partial charge is 0.163 e. The number of aryl methyl sites for hydroxylation is 1. The Morgan fingerprint density at radius 1 is 1.06 bits per heavy atom. The molecule has 0 bridgehead atoms. The Kier molecular flexibility index (Phi) is 4.44. The van der Waals surface area contributed by atoms with Crippen molar-refractivity contribution in [1.29, 1.82) is 0 Å². The predicted molar refractivity (Wildman–Crippen MR) is 72.2 cm³/mol. The molecule has 1 fully saturated rings. The van der Waals surface area contributed by atoms with E-state index in [1.807, 2.05) is 13.8 Å². The second-order valence-corrected chi connectivity index (χ2v) is 4.59. The summed E-state index contributed by atoms with van der Waals surface area (Å²) in [6.07, 6.45) is 2.56. The van der Waals surface area contributed by atoms with Gasteiger partial charge in [-0.3, -0.25) is 0 Å². The largest absolute Gasteiger partial charge is 0.493 e. The maximum Gasteiger partial charge on any atom is 0.163 e. The third-order valence-electron chi connectivity index (χ3n) is 3.36. The van der Waals surface area contributed by atoms with Gasteiger partial charge < -0.3 is 9.47 Å². The van der Waals surface area contributed by atoms with Crippen LogP contribution in [0.25, 0.3) is 0 Å². The van der Waals surface area contributed by atoms with Gasteiger partial charge in [-0.15, -0.1) is 0 Å². The highest BCUT2D eigenvalue weighted by Gasteiger charge is 2.39. The Morgan fingerprint density at radius 2 is 1.65 bits per heavy atom. The van der Waals surface area contributed by atoms with Crippen LogP contribution in [0, 0.1) is 6.92 Å². The van der Waals surface area contributed by atoms with E-state index in [0.29, 0.717) is 5.41 Å². The molecule has 0 radical (unpaired) electrons. The number of benzene rings is 1. The fraction of sp³-hybridized carbons (Fsp3) is 0.600. The average Bonchev–Trinajstić information content (AvgIpc) is 3.10. The molecule has 2 heteroatoms. The van der Waals surface area contributed by atoms with Crippen LogP contribution in [0.5, 0.6) is 11.5 Å². The van der Waals surface area contributed by atoms with Crippen molar-refractivity contribution < 1.29 is 9.47 Å². The van der Waals surface area contributed by atoms with Crippen molar-refractivity contribution in [2.45, 2.75) is 46.0 Å². The molecule has 17 heavy (non-hydrogen) atoms. The normalized spacial score (nSPS) is 15.6. The van der Waals surface area contributed by atoms with E-state index >= 15 is 0 Å². The maximum atomic E-state index is 5.36. The molecular formula is C15H24O2. The second-order valence-electron chi connectivity index (χ2n) is 4.59. The van der Waals surface area contributed by atoms with E-state index in [9.17, 15) is 0 Å². The van der Waals surface area contributed by atoms with Crippen LogP contribution in [-0.4, -0.2) is 14.2 Å². The monoisotopic (exact) mass is 236 g/mol. The lowest BCUT2D eigenvalue weighted by atomic mass is 9.96. The number of methoxy groups -OCH3 is 2. The molecule has 1 aliphatic rings. The summed E-state index contributed by atoms with van der Waals surface area (Å²) >= 11 is 0. The Bertz CT molecular complexity index is 379. The van der Waals surface area contributed by atoms with E-state index in [1.54, 1.807) is 14.2 Å². The maximum absolute atomic E-state index is 5.36. The van der Waals surface area contributed by atoms with Crippen molar-refractivity contribution >= 4 is 0 Å². The molecule has 0 saturated heterocycles. The fourth-order valence-electron chi connectivity index (χ4n) is 1.98. The summed E-state index contributed by atoms with van der Waals surface area (Å²) in [6.45, 7) is 8.37. The van der Waals surface area contributed by atoms with Crippen LogP contribution in [0.2, 0.25) is 0 Å². The van der Waals surface area contributed by atoms with Crippen LogP contribution in [0.4, 0.5) is 0 Å². The minimum atomic E-state index is 0.379. The molecule has 2 rings (SSSR count). The van der Waals surface area contributed by atoms with Gasteiger partial charge in [0.15, 0.2) is 11.5 Å². The third-order valence-corrected chi connectivity index (χ3v) is 3.36. The minimum Gasteiger partial charge on any atom is -0.493 e. The van der Waals surface area contributed by atoms with Crippen LogP contribution in [0.3, 0.4) is 0 Å². The molecule has 0 atom stereocenters. The predicted octanol–water partition coefficient (Wildman–Crippen LogP) is 4.09. The molecular weight excluding hydrogens is 212 g/mol. The molecule has 0 amide bonds. The molecule has 1 aliphatic carbocycles. The van der Waals surface area contributed by atoms with Gasteiger partial charge in [0, 0.05) is 0 Å². The lowest BCUT2D eigenvalue weighted by Gasteiger charge is -2.16. The van der Waals surface area contributed by atoms with Crippen LogP contribution in [0.15, 0.2) is 12.1 Å². The number of ether oxygens (including phenoxy) is 2. The third kappa shape index (κ3) is 2.74. The number of hydrogen-bond donors (Lipinski definition) is 0. The fourth-order valence-corrected chi connectivity index (χ4v) is 1.98. The highest BCUT2D eigenvalue weighted by molar-refractivity contribution is 5.51. The standard InChI is InChI=1S/C13H18O2.C2H6/c1-9-7-10(13(2)5-6-13)8-11(14-3)12(9)15-4;1-2/h7-8H,5-6H2,1-4H3;1-2H3. The van der Waals surface area contributed by atoms with Gasteiger partial charge in [-0.2, -0.15) is 0 Å². The summed E-state index contributed by atoms with van der Waals surface area (Å²) in [5.41, 5.74) is 2.90. The first-order chi connectivity index (χ1) is 8.10. The molecule has 1 aromatic carbocycles. The summed E-state index contributed by atoms with van der Waals surface area (Å²) in [5.74, 6) is 1.70. The first-order valence-electron chi connectivity index (χ1n) is 6.34. The van der Waals surface area contributed by atoms with Crippen molar-refractivity contribution in [3.05, 3.63) is 23.3 Å². The first kappa shape index (κ1) is 13.9. The van der Waals surface area contributed by atoms with Gasteiger partial charge in [0.1, 0.15) is 0 Å². The van der Waals surface area contributed by atoms with Gasteiger partial charge in [0.05, 0.1) is 14.2 Å². The van der Waals surface area contributed by atoms with E-state index < -0.39 is 0 Å². The summed E-state index contributed by atoms with van der Waals surface area (Å²) in [6, 6.07) is 4.33. The number of rotatable bonds is 3. The SMILES string of the molecule is CC.COc1cc(C2(C)CC2)cc(C)c1OC. The van der Waals surface area contributed by atoms with Crippen LogP contribution in [-0.2, 0) is 5.41 Å². The zero-order valence-corrected chi connectivity index (χ0v) is 11.9. The lowest BCUT2D eigenvalue weighted by Crippen LogP contribution is -2.02. The molecule has 0 N–H and O–H groups in total. The van der Waals surface area contributed by atoms with Crippen molar-refractivity contribution in [1.82, 2.24) is 0 Å². The van der Waals surface area contributed by atoms with Gasteiger partial charge in [-0.1, -0.05) is 26.8 Å². The molecule has 0 aromatic heterocycles. The molecule has 0 heterocycles. The van der Waals surface area contributed by atoms with Crippen molar-refractivity contribution in [3.63, 3.8) is 0 Å². The summed E-state index contributed by atoms with van der Waals surface area (Å²) in [4.78, 5) is 0. The Balaban J connectivity index is 0.000000686. The quantitative estimate of drug-likeness (QED) is 0.787. The zero-order chi connectivity index (χ0) is 13.1. The van der Waals surface area contributed by atoms with Crippen molar-refractivity contribution in [2.75, 3.05) is 14.2 Å². The Morgan fingerprint density at radius 3 is 2.06 bits per heavy atom. The van der Waals surface area contributed by atoms with Gasteiger partial charge in [-0.05, 0) is 42.4 Å². The topological polar surface area (TPSA) is 18.5 Å². The molecule has 96 valence electrons. The van der Waals surface area contributed by atoms with E-state index in [-0.39, 0.29) is 0 Å². The number of hydrogen-bond acceptors (Lipinski definition) is 2. The Labute approximate surface area is 105 Å². The van der Waals surface area contributed by atoms with E-state index in [0.717, 1.165) is 17.1 Å². The summed E-state index contributed by atoms with van der Waals surface area (Å²) in [5, 5.41) is 0. The molecule has 1 aromatic rings. The van der Waals surface area contributed by atoms with Crippen LogP contribution < -0.4 is 9.47 Å². The van der Waals surface area contributed by atoms with Crippen LogP contribution in [0.1, 0.15) is 44.7 Å². The molecule has 0 spiro atoms. The summed E-state index contributed by atoms with van der Waals surface area (Å²) in [7, 11) is 3.37. The molecule has 0 unspecified atom stereocenters. The average molecular weight is 236 g/mol. The molecule has 1 saturated carbocycles. The zero-order valence-electron chi connectivity index (χ0n) is 11.9. The van der Waals surface area contributed by atoms with Gasteiger partial charge in [-0.25, -0.2) is 0 Å². The molecule has 2 nitrogen and oxygen atoms in total. The highest BCUT2D eigenvalue weighted by atomic mass is 16.5. The van der Waals surface area contributed by atoms with Gasteiger partial charge >= 0.3 is 0 Å². The summed E-state index contributed by atoms with van der Waals surface area (Å²) < 4.78 is 10.7. The van der Waals surface area contributed by atoms with Crippen molar-refractivity contribution in [2.24, 2.45) is 0 Å². The highest BCUT2D eigenvalue weighted by Crippen LogP contribution is 2.49. The lowest BCUT2D eigenvalue weighted by molar-refractivity contribution is 0.352. The molecule has 0 aliphatic heterocycles.